The quantitative estimate of drug-likeness (QED) is 0.263. The van der Waals surface area contributed by atoms with E-state index < -0.39 is 0 Å². The number of aromatic nitrogens is 1. The van der Waals surface area contributed by atoms with Crippen LogP contribution in [0.3, 0.4) is 0 Å². The van der Waals surface area contributed by atoms with Crippen LogP contribution in [0.25, 0.3) is 39.0 Å². The van der Waals surface area contributed by atoms with Crippen molar-refractivity contribution < 1.29 is 9.53 Å². The molecule has 0 unspecified atom stereocenters. The normalized spacial score (nSPS) is 12.8. The molecule has 0 spiro atoms. The number of alkyl carbamates (subject to hydrolysis) is 1. The zero-order valence-electron chi connectivity index (χ0n) is 19.3. The number of hydrogen-bond acceptors (Lipinski definition) is 2. The van der Waals surface area contributed by atoms with Gasteiger partial charge in [0, 0.05) is 34.3 Å². The Bertz CT molecular complexity index is 1520. The monoisotopic (exact) mass is 458 g/mol. The van der Waals surface area contributed by atoms with Gasteiger partial charge in [-0.2, -0.15) is 0 Å². The first-order valence-corrected chi connectivity index (χ1v) is 12.0. The molecule has 5 aromatic rings. The summed E-state index contributed by atoms with van der Waals surface area (Å²) in [6.45, 7) is 0.863. The third kappa shape index (κ3) is 4.08. The van der Waals surface area contributed by atoms with E-state index in [9.17, 15) is 4.79 Å². The summed E-state index contributed by atoms with van der Waals surface area (Å²) in [7, 11) is 0. The van der Waals surface area contributed by atoms with Crippen LogP contribution in [0.15, 0.2) is 97.1 Å². The van der Waals surface area contributed by atoms with E-state index >= 15 is 0 Å². The summed E-state index contributed by atoms with van der Waals surface area (Å²) in [6, 6.07) is 31.5. The Kier molecular flexibility index (Phi) is 5.55. The molecule has 4 aromatic carbocycles. The van der Waals surface area contributed by atoms with Gasteiger partial charge in [0.1, 0.15) is 6.61 Å². The zero-order valence-corrected chi connectivity index (χ0v) is 19.3. The highest BCUT2D eigenvalue weighted by atomic mass is 16.5. The van der Waals surface area contributed by atoms with Gasteiger partial charge in [0.05, 0.1) is 0 Å². The molecule has 0 saturated carbocycles. The van der Waals surface area contributed by atoms with Gasteiger partial charge in [0.2, 0.25) is 0 Å². The zero-order chi connectivity index (χ0) is 23.6. The predicted octanol–water partition coefficient (Wildman–Crippen LogP) is 7.26. The third-order valence-corrected chi connectivity index (χ3v) is 6.76. The van der Waals surface area contributed by atoms with Crippen molar-refractivity contribution in [2.45, 2.75) is 12.3 Å². The molecule has 0 radical (unpaired) electrons. The lowest BCUT2D eigenvalue weighted by atomic mass is 9.98. The molecule has 0 saturated heterocycles. The molecule has 1 aliphatic rings. The number of carbonyl (C=O) groups is 1. The first-order chi connectivity index (χ1) is 17.3. The van der Waals surface area contributed by atoms with Crippen molar-refractivity contribution in [1.82, 2.24) is 10.3 Å². The van der Waals surface area contributed by atoms with Gasteiger partial charge in [-0.05, 0) is 46.4 Å². The van der Waals surface area contributed by atoms with Gasteiger partial charge in [0.25, 0.3) is 0 Å². The van der Waals surface area contributed by atoms with E-state index in [-0.39, 0.29) is 12.0 Å². The number of hydrogen-bond donors (Lipinski definition) is 2. The van der Waals surface area contributed by atoms with Crippen molar-refractivity contribution in [3.05, 3.63) is 114 Å². The molecule has 1 aliphatic carbocycles. The molecule has 6 rings (SSSR count). The number of carbonyl (C=O) groups excluding carboxylic acids is 1. The Morgan fingerprint density at radius 1 is 0.829 bits per heavy atom. The minimum absolute atomic E-state index is 0.0765. The average molecular weight is 459 g/mol. The summed E-state index contributed by atoms with van der Waals surface area (Å²) in [6.07, 6.45) is 4.52. The van der Waals surface area contributed by atoms with E-state index in [4.69, 9.17) is 4.74 Å². The van der Waals surface area contributed by atoms with Crippen molar-refractivity contribution in [1.29, 1.82) is 0 Å². The topological polar surface area (TPSA) is 54.1 Å². The molecule has 0 atom stereocenters. The average Bonchev–Trinajstić information content (AvgIpc) is 3.42. The standard InChI is InChI=1S/C31H26N2O2/c34-31(35-20-28-24-12-3-1-10-22(24)23-11-2-4-13-25(23)28)32-18-8-7-9-21-16-17-27-26-14-5-6-15-29(26)33-30(27)19-21/h1-7,9-17,19,28,33H,8,18,20H2,(H,32,34). The number of fused-ring (bicyclic) bond motifs is 6. The van der Waals surface area contributed by atoms with Crippen molar-refractivity contribution in [2.24, 2.45) is 0 Å². The number of H-pyrrole nitrogens is 1. The van der Waals surface area contributed by atoms with Crippen LogP contribution in [0.5, 0.6) is 0 Å². The fourth-order valence-electron chi connectivity index (χ4n) is 5.10. The van der Waals surface area contributed by atoms with Gasteiger partial charge in [0.15, 0.2) is 0 Å². The molecule has 4 nitrogen and oxygen atoms in total. The lowest BCUT2D eigenvalue weighted by Crippen LogP contribution is -2.26. The molecular formula is C31H26N2O2. The van der Waals surface area contributed by atoms with Crippen molar-refractivity contribution >= 4 is 34.0 Å². The SMILES string of the molecule is O=C(NCCC=Cc1ccc2c(c1)[nH]c1ccccc12)OCC1c2ccccc2-c2ccccc21. The number of nitrogens with one attached hydrogen (secondary N) is 2. The second-order valence-corrected chi connectivity index (χ2v) is 8.92. The highest BCUT2D eigenvalue weighted by Gasteiger charge is 2.28. The predicted molar refractivity (Wildman–Crippen MR) is 143 cm³/mol. The van der Waals surface area contributed by atoms with E-state index in [0.29, 0.717) is 13.2 Å². The van der Waals surface area contributed by atoms with E-state index in [1.807, 2.05) is 18.2 Å². The highest BCUT2D eigenvalue weighted by molar-refractivity contribution is 6.07. The number of aromatic amines is 1. The maximum atomic E-state index is 12.3. The van der Waals surface area contributed by atoms with Crippen LogP contribution in [0.2, 0.25) is 0 Å². The fraction of sp³-hybridized carbons (Fsp3) is 0.129. The largest absolute Gasteiger partial charge is 0.449 e. The maximum Gasteiger partial charge on any atom is 0.407 e. The van der Waals surface area contributed by atoms with E-state index in [1.165, 1.54) is 33.0 Å². The fourth-order valence-corrected chi connectivity index (χ4v) is 5.10. The van der Waals surface area contributed by atoms with Gasteiger partial charge in [-0.1, -0.05) is 91.0 Å². The van der Waals surface area contributed by atoms with E-state index in [1.54, 1.807) is 0 Å². The highest BCUT2D eigenvalue weighted by Crippen LogP contribution is 2.44. The Labute approximate surface area is 204 Å². The summed E-state index contributed by atoms with van der Waals surface area (Å²) >= 11 is 0. The van der Waals surface area contributed by atoms with Crippen molar-refractivity contribution in [2.75, 3.05) is 13.2 Å². The summed E-state index contributed by atoms with van der Waals surface area (Å²) in [4.78, 5) is 15.8. The van der Waals surface area contributed by atoms with Crippen LogP contribution in [0.1, 0.15) is 29.0 Å². The molecule has 1 aromatic heterocycles. The number of ether oxygens (including phenoxy) is 1. The van der Waals surface area contributed by atoms with Gasteiger partial charge < -0.3 is 15.0 Å². The molecular weight excluding hydrogens is 432 g/mol. The lowest BCUT2D eigenvalue weighted by Gasteiger charge is -2.14. The molecule has 1 amide bonds. The molecule has 35 heavy (non-hydrogen) atoms. The first-order valence-electron chi connectivity index (χ1n) is 12.0. The molecule has 2 N–H and O–H groups in total. The summed E-state index contributed by atoms with van der Waals surface area (Å²) < 4.78 is 5.60. The molecule has 0 aliphatic heterocycles. The summed E-state index contributed by atoms with van der Waals surface area (Å²) in [5.41, 5.74) is 8.31. The van der Waals surface area contributed by atoms with Gasteiger partial charge in [-0.3, -0.25) is 0 Å². The Morgan fingerprint density at radius 3 is 2.31 bits per heavy atom. The minimum atomic E-state index is -0.375. The van der Waals surface area contributed by atoms with Crippen LogP contribution in [-0.4, -0.2) is 24.2 Å². The van der Waals surface area contributed by atoms with Crippen LogP contribution < -0.4 is 5.32 Å². The number of rotatable bonds is 6. The number of amides is 1. The van der Waals surface area contributed by atoms with Crippen LogP contribution in [-0.2, 0) is 4.74 Å². The van der Waals surface area contributed by atoms with Crippen LogP contribution >= 0.6 is 0 Å². The molecule has 0 fully saturated rings. The lowest BCUT2D eigenvalue weighted by molar-refractivity contribution is 0.143. The Morgan fingerprint density at radius 2 is 1.51 bits per heavy atom. The molecule has 172 valence electrons. The second-order valence-electron chi connectivity index (χ2n) is 8.92. The van der Waals surface area contributed by atoms with Crippen molar-refractivity contribution in [3.8, 4) is 11.1 Å². The van der Waals surface area contributed by atoms with E-state index in [0.717, 1.165) is 23.0 Å². The minimum Gasteiger partial charge on any atom is -0.449 e. The van der Waals surface area contributed by atoms with E-state index in [2.05, 4.69) is 95.2 Å². The summed E-state index contributed by atoms with van der Waals surface area (Å²) in [5, 5.41) is 5.34. The van der Waals surface area contributed by atoms with Crippen LogP contribution in [0.4, 0.5) is 4.79 Å². The second kappa shape index (κ2) is 9.15. The molecule has 4 heteroatoms. The first kappa shape index (κ1) is 21.2. The third-order valence-electron chi connectivity index (χ3n) is 6.76. The van der Waals surface area contributed by atoms with Crippen LogP contribution in [0, 0.1) is 0 Å². The maximum absolute atomic E-state index is 12.3. The summed E-state index contributed by atoms with van der Waals surface area (Å²) in [5.74, 6) is 0.0765. The smallest absolute Gasteiger partial charge is 0.407 e. The van der Waals surface area contributed by atoms with Crippen molar-refractivity contribution in [3.63, 3.8) is 0 Å². The Balaban J connectivity index is 1.02. The Hall–Kier alpha value is -4.31. The number of benzene rings is 4. The molecule has 0 bridgehead atoms. The van der Waals surface area contributed by atoms with Gasteiger partial charge >= 0.3 is 6.09 Å². The number of para-hydroxylation sites is 1. The molecule has 1 heterocycles. The van der Waals surface area contributed by atoms with Gasteiger partial charge in [-0.25, -0.2) is 4.79 Å². The van der Waals surface area contributed by atoms with Gasteiger partial charge in [-0.15, -0.1) is 0 Å².